The second-order valence-corrected chi connectivity index (χ2v) is 7.42. The predicted molar refractivity (Wildman–Crippen MR) is 92.4 cm³/mol. The van der Waals surface area contributed by atoms with Gasteiger partial charge < -0.3 is 5.32 Å². The summed E-state index contributed by atoms with van der Waals surface area (Å²) >= 11 is 0. The molecule has 2 rings (SSSR count). The molecule has 2 aromatic rings. The van der Waals surface area contributed by atoms with Gasteiger partial charge in [0.15, 0.2) is 0 Å². The molecule has 0 saturated heterocycles. The Hall–Kier alpha value is -2.26. The number of amides is 1. The van der Waals surface area contributed by atoms with Gasteiger partial charge in [0.2, 0.25) is 10.0 Å². The van der Waals surface area contributed by atoms with Crippen LogP contribution in [0, 0.1) is 12.7 Å². The fourth-order valence-electron chi connectivity index (χ4n) is 2.46. The Bertz CT molecular complexity index is 889. The number of anilines is 1. The second kappa shape index (κ2) is 7.32. The third-order valence-corrected chi connectivity index (χ3v) is 5.82. The van der Waals surface area contributed by atoms with Crippen molar-refractivity contribution >= 4 is 21.7 Å². The molecular formula is C16H21FN4O3S. The Labute approximate surface area is 146 Å². The van der Waals surface area contributed by atoms with Gasteiger partial charge >= 0.3 is 0 Å². The quantitative estimate of drug-likeness (QED) is 0.847. The molecule has 0 bridgehead atoms. The summed E-state index contributed by atoms with van der Waals surface area (Å²) in [6, 6.07) is 4.83. The molecule has 25 heavy (non-hydrogen) atoms. The molecule has 136 valence electrons. The minimum absolute atomic E-state index is 0.121. The van der Waals surface area contributed by atoms with Crippen molar-refractivity contribution in [2.45, 2.75) is 25.7 Å². The van der Waals surface area contributed by atoms with E-state index in [4.69, 9.17) is 0 Å². The zero-order valence-electron chi connectivity index (χ0n) is 14.6. The molecular weight excluding hydrogens is 347 g/mol. The van der Waals surface area contributed by atoms with E-state index in [1.165, 1.54) is 8.99 Å². The molecule has 0 fully saturated rings. The third-order valence-electron chi connectivity index (χ3n) is 3.77. The van der Waals surface area contributed by atoms with Gasteiger partial charge in [0.25, 0.3) is 5.91 Å². The highest BCUT2D eigenvalue weighted by molar-refractivity contribution is 7.89. The first-order valence-corrected chi connectivity index (χ1v) is 9.26. The van der Waals surface area contributed by atoms with Crippen molar-refractivity contribution in [2.24, 2.45) is 7.05 Å². The Morgan fingerprint density at radius 2 is 1.92 bits per heavy atom. The van der Waals surface area contributed by atoms with E-state index in [9.17, 15) is 17.6 Å². The van der Waals surface area contributed by atoms with Gasteiger partial charge in [-0.1, -0.05) is 13.8 Å². The summed E-state index contributed by atoms with van der Waals surface area (Å²) in [6.07, 6.45) is 0. The van der Waals surface area contributed by atoms with Gasteiger partial charge in [-0.05, 0) is 25.1 Å². The smallest absolute Gasteiger partial charge is 0.259 e. The first-order valence-electron chi connectivity index (χ1n) is 7.82. The number of halogens is 1. The minimum atomic E-state index is -3.78. The number of hydrogen-bond donors (Lipinski definition) is 1. The molecule has 0 atom stereocenters. The Morgan fingerprint density at radius 1 is 1.28 bits per heavy atom. The van der Waals surface area contributed by atoms with Crippen molar-refractivity contribution in [1.82, 2.24) is 14.1 Å². The van der Waals surface area contributed by atoms with Gasteiger partial charge in [-0.25, -0.2) is 12.8 Å². The lowest BCUT2D eigenvalue weighted by atomic mass is 10.2. The average Bonchev–Trinajstić information content (AvgIpc) is 2.85. The van der Waals surface area contributed by atoms with Crippen LogP contribution >= 0.6 is 0 Å². The van der Waals surface area contributed by atoms with Crippen LogP contribution in [0.5, 0.6) is 0 Å². The van der Waals surface area contributed by atoms with Crippen molar-refractivity contribution in [3.05, 3.63) is 41.3 Å². The van der Waals surface area contributed by atoms with Crippen LogP contribution in [-0.2, 0) is 17.1 Å². The normalized spacial score (nSPS) is 11.8. The number of aryl methyl sites for hydroxylation is 2. The molecule has 1 aromatic carbocycles. The number of nitrogens with one attached hydrogen (secondary N) is 1. The molecule has 1 heterocycles. The monoisotopic (exact) mass is 368 g/mol. The molecule has 1 aromatic heterocycles. The van der Waals surface area contributed by atoms with E-state index in [2.05, 4.69) is 10.4 Å². The number of benzene rings is 1. The first-order chi connectivity index (χ1) is 11.7. The molecule has 0 spiro atoms. The fraction of sp³-hybridized carbons (Fsp3) is 0.375. The molecule has 1 N–H and O–H groups in total. The van der Waals surface area contributed by atoms with Crippen LogP contribution in [-0.4, -0.2) is 41.5 Å². The lowest BCUT2D eigenvalue weighted by molar-refractivity contribution is 0.102. The summed E-state index contributed by atoms with van der Waals surface area (Å²) in [4.78, 5) is 12.3. The van der Waals surface area contributed by atoms with Crippen molar-refractivity contribution in [1.29, 1.82) is 0 Å². The lowest BCUT2D eigenvalue weighted by Gasteiger charge is -2.19. The largest absolute Gasteiger partial charge is 0.307 e. The highest BCUT2D eigenvalue weighted by Crippen LogP contribution is 2.20. The van der Waals surface area contributed by atoms with E-state index in [0.717, 1.165) is 18.2 Å². The van der Waals surface area contributed by atoms with E-state index < -0.39 is 21.7 Å². The van der Waals surface area contributed by atoms with Gasteiger partial charge in [0.05, 0.1) is 16.2 Å². The maximum absolute atomic E-state index is 14.1. The highest BCUT2D eigenvalue weighted by Gasteiger charge is 2.24. The Kier molecular flexibility index (Phi) is 5.58. The van der Waals surface area contributed by atoms with E-state index in [1.807, 2.05) is 0 Å². The van der Waals surface area contributed by atoms with E-state index in [-0.39, 0.29) is 23.5 Å². The second-order valence-electron chi connectivity index (χ2n) is 5.48. The number of nitrogens with zero attached hydrogens (tertiary/aromatic N) is 3. The zero-order chi connectivity index (χ0) is 18.8. The number of hydrogen-bond acceptors (Lipinski definition) is 4. The number of carbonyl (C=O) groups is 1. The van der Waals surface area contributed by atoms with Crippen LogP contribution in [0.1, 0.15) is 29.9 Å². The lowest BCUT2D eigenvalue weighted by Crippen LogP contribution is -2.31. The summed E-state index contributed by atoms with van der Waals surface area (Å²) in [7, 11) is -2.14. The van der Waals surface area contributed by atoms with Crippen molar-refractivity contribution in [2.75, 3.05) is 18.4 Å². The van der Waals surface area contributed by atoms with Crippen LogP contribution in [0.3, 0.4) is 0 Å². The van der Waals surface area contributed by atoms with Crippen molar-refractivity contribution in [3.63, 3.8) is 0 Å². The minimum Gasteiger partial charge on any atom is -0.307 e. The number of rotatable bonds is 6. The number of carbonyl (C=O) groups excluding carboxylic acids is 1. The molecule has 0 aliphatic heterocycles. The van der Waals surface area contributed by atoms with Crippen LogP contribution in [0.15, 0.2) is 29.2 Å². The summed E-state index contributed by atoms with van der Waals surface area (Å²) in [5.74, 6) is -1.15. The standard InChI is InChI=1S/C16H21FN4O3S/c1-5-21(6-2)25(23,24)12-7-8-14(17)13(10-12)16(22)18-15-9-11(3)19-20(15)4/h7-10H,5-6H2,1-4H3,(H,18,22). The van der Waals surface area contributed by atoms with Gasteiger partial charge in [-0.3, -0.25) is 9.48 Å². The molecule has 9 heteroatoms. The topological polar surface area (TPSA) is 84.3 Å². The Balaban J connectivity index is 2.39. The molecule has 0 aliphatic carbocycles. The molecule has 0 saturated carbocycles. The molecule has 0 aliphatic rings. The van der Waals surface area contributed by atoms with Crippen molar-refractivity contribution in [3.8, 4) is 0 Å². The summed E-state index contributed by atoms with van der Waals surface area (Å²) in [5, 5.41) is 6.63. The zero-order valence-corrected chi connectivity index (χ0v) is 15.4. The first kappa shape index (κ1) is 19.1. The van der Waals surface area contributed by atoms with Gasteiger partial charge in [-0.15, -0.1) is 0 Å². The summed E-state index contributed by atoms with van der Waals surface area (Å²) in [6.45, 7) is 5.75. The third kappa shape index (κ3) is 3.88. The molecule has 0 radical (unpaired) electrons. The van der Waals surface area contributed by atoms with Crippen LogP contribution in [0.25, 0.3) is 0 Å². The molecule has 0 unspecified atom stereocenters. The van der Waals surface area contributed by atoms with E-state index in [1.54, 1.807) is 33.9 Å². The molecule has 7 nitrogen and oxygen atoms in total. The average molecular weight is 368 g/mol. The van der Waals surface area contributed by atoms with Gasteiger partial charge in [0, 0.05) is 26.2 Å². The molecule has 1 amide bonds. The van der Waals surface area contributed by atoms with Crippen molar-refractivity contribution < 1.29 is 17.6 Å². The van der Waals surface area contributed by atoms with Crippen LogP contribution in [0.4, 0.5) is 10.2 Å². The fourth-order valence-corrected chi connectivity index (χ4v) is 3.95. The summed E-state index contributed by atoms with van der Waals surface area (Å²) < 4.78 is 41.9. The van der Waals surface area contributed by atoms with Crippen LogP contribution < -0.4 is 5.32 Å². The van der Waals surface area contributed by atoms with E-state index in [0.29, 0.717) is 11.5 Å². The SMILES string of the molecule is CCN(CC)S(=O)(=O)c1ccc(F)c(C(=O)Nc2cc(C)nn2C)c1. The van der Waals surface area contributed by atoms with E-state index >= 15 is 0 Å². The van der Waals surface area contributed by atoms with Gasteiger partial charge in [-0.2, -0.15) is 9.40 Å². The number of aromatic nitrogens is 2. The predicted octanol–water partition coefficient (Wildman–Crippen LogP) is 2.15. The number of sulfonamides is 1. The van der Waals surface area contributed by atoms with Crippen LogP contribution in [0.2, 0.25) is 0 Å². The maximum atomic E-state index is 14.1. The summed E-state index contributed by atoms with van der Waals surface area (Å²) in [5.41, 5.74) is 0.350. The Morgan fingerprint density at radius 3 is 2.44 bits per heavy atom. The highest BCUT2D eigenvalue weighted by atomic mass is 32.2. The maximum Gasteiger partial charge on any atom is 0.259 e. The van der Waals surface area contributed by atoms with Gasteiger partial charge in [0.1, 0.15) is 11.6 Å².